The number of nitrogens with one attached hydrogen (secondary N) is 1. The van der Waals surface area contributed by atoms with Crippen molar-refractivity contribution in [3.8, 4) is 0 Å². The van der Waals surface area contributed by atoms with E-state index in [-0.39, 0.29) is 18.4 Å². The molecule has 1 aliphatic rings. The Balaban J connectivity index is 1.94. The van der Waals surface area contributed by atoms with Crippen LogP contribution in [0, 0.1) is 12.3 Å². The first-order valence-corrected chi connectivity index (χ1v) is 8.87. The fourth-order valence-corrected chi connectivity index (χ4v) is 3.26. The molecule has 0 aromatic carbocycles. The van der Waals surface area contributed by atoms with Crippen LogP contribution in [0.15, 0.2) is 6.07 Å². The summed E-state index contributed by atoms with van der Waals surface area (Å²) in [4.78, 5) is 38.2. The first-order chi connectivity index (χ1) is 11.2. The summed E-state index contributed by atoms with van der Waals surface area (Å²) in [5, 5.41) is 3.41. The molecule has 0 bridgehead atoms. The number of nitrogens with zero attached hydrogens (tertiary/aromatic N) is 1. The van der Waals surface area contributed by atoms with Crippen molar-refractivity contribution >= 4 is 34.1 Å². The number of hydrogen-bond donors (Lipinski definition) is 1. The van der Waals surface area contributed by atoms with Gasteiger partial charge in [0.15, 0.2) is 6.61 Å². The Hall–Kier alpha value is -1.89. The van der Waals surface area contributed by atoms with Crippen molar-refractivity contribution < 1.29 is 19.1 Å². The molecule has 0 unspecified atom stereocenters. The van der Waals surface area contributed by atoms with E-state index in [4.69, 9.17) is 4.74 Å². The first kappa shape index (κ1) is 18.4. The maximum Gasteiger partial charge on any atom is 0.349 e. The molecule has 1 aromatic heterocycles. The zero-order valence-electron chi connectivity index (χ0n) is 14.6. The third-order valence-electron chi connectivity index (χ3n) is 3.81. The van der Waals surface area contributed by atoms with Gasteiger partial charge in [0.05, 0.1) is 5.00 Å². The van der Waals surface area contributed by atoms with E-state index < -0.39 is 11.4 Å². The van der Waals surface area contributed by atoms with Gasteiger partial charge in [0.25, 0.3) is 5.91 Å². The molecule has 1 N–H and O–H groups in total. The summed E-state index contributed by atoms with van der Waals surface area (Å²) >= 11 is 1.16. The SMILES string of the molecule is Cc1cc(NC(=O)C(C)(C)C)sc1C(=O)OCC(=O)N1CCCC1. The van der Waals surface area contributed by atoms with E-state index in [1.807, 2.05) is 20.8 Å². The van der Waals surface area contributed by atoms with Crippen LogP contribution in [0.5, 0.6) is 0 Å². The number of hydrogen-bond acceptors (Lipinski definition) is 5. The van der Waals surface area contributed by atoms with Crippen LogP contribution < -0.4 is 5.32 Å². The lowest BCUT2D eigenvalue weighted by atomic mass is 9.96. The van der Waals surface area contributed by atoms with Crippen LogP contribution in [0.25, 0.3) is 0 Å². The molecular weight excluding hydrogens is 328 g/mol. The minimum absolute atomic E-state index is 0.118. The van der Waals surface area contributed by atoms with Gasteiger partial charge in [0.2, 0.25) is 5.91 Å². The lowest BCUT2D eigenvalue weighted by Crippen LogP contribution is -2.32. The molecular formula is C17H24N2O4S. The predicted molar refractivity (Wildman–Crippen MR) is 93.2 cm³/mol. The lowest BCUT2D eigenvalue weighted by molar-refractivity contribution is -0.133. The van der Waals surface area contributed by atoms with E-state index in [0.717, 1.165) is 42.8 Å². The highest BCUT2D eigenvalue weighted by atomic mass is 32.1. The Kier molecular flexibility index (Phi) is 5.64. The summed E-state index contributed by atoms with van der Waals surface area (Å²) in [6.45, 7) is 8.47. The Morgan fingerprint density at radius 1 is 1.25 bits per heavy atom. The van der Waals surface area contributed by atoms with E-state index in [0.29, 0.717) is 9.88 Å². The largest absolute Gasteiger partial charge is 0.451 e. The van der Waals surface area contributed by atoms with Crippen LogP contribution in [0.2, 0.25) is 0 Å². The fraction of sp³-hybridized carbons (Fsp3) is 0.588. The van der Waals surface area contributed by atoms with Crippen LogP contribution in [-0.4, -0.2) is 42.4 Å². The molecule has 24 heavy (non-hydrogen) atoms. The van der Waals surface area contributed by atoms with Gasteiger partial charge in [-0.15, -0.1) is 11.3 Å². The number of amides is 2. The topological polar surface area (TPSA) is 75.7 Å². The van der Waals surface area contributed by atoms with Crippen LogP contribution >= 0.6 is 11.3 Å². The minimum Gasteiger partial charge on any atom is -0.451 e. The number of anilines is 1. The van der Waals surface area contributed by atoms with E-state index in [1.165, 1.54) is 0 Å². The number of carbonyl (C=O) groups is 3. The number of rotatable bonds is 4. The van der Waals surface area contributed by atoms with Gasteiger partial charge in [-0.2, -0.15) is 0 Å². The summed E-state index contributed by atoms with van der Waals surface area (Å²) in [5.74, 6) is -0.800. The molecule has 0 spiro atoms. The molecule has 0 saturated carbocycles. The third-order valence-corrected chi connectivity index (χ3v) is 4.94. The smallest absolute Gasteiger partial charge is 0.349 e. The number of ether oxygens (including phenoxy) is 1. The van der Waals surface area contributed by atoms with Gasteiger partial charge < -0.3 is 15.0 Å². The predicted octanol–water partition coefficient (Wildman–Crippen LogP) is 2.82. The Bertz CT molecular complexity index is 640. The molecule has 1 aliphatic heterocycles. The normalized spacial score (nSPS) is 14.6. The second kappa shape index (κ2) is 7.34. The number of likely N-dealkylation sites (tertiary alicyclic amines) is 1. The standard InChI is InChI=1S/C17H24N2O4S/c1-11-9-12(18-16(22)17(2,3)4)24-14(11)15(21)23-10-13(20)19-7-5-6-8-19/h9H,5-8,10H2,1-4H3,(H,18,22). The van der Waals surface area contributed by atoms with Gasteiger partial charge in [0.1, 0.15) is 4.88 Å². The van der Waals surface area contributed by atoms with Gasteiger partial charge in [-0.1, -0.05) is 20.8 Å². The Labute approximate surface area is 146 Å². The second-order valence-corrected chi connectivity index (χ2v) is 8.04. The minimum atomic E-state index is -0.527. The maximum absolute atomic E-state index is 12.2. The fourth-order valence-electron chi connectivity index (χ4n) is 2.30. The zero-order valence-corrected chi connectivity index (χ0v) is 15.4. The van der Waals surface area contributed by atoms with Crippen LogP contribution in [0.4, 0.5) is 5.00 Å². The van der Waals surface area contributed by atoms with Gasteiger partial charge >= 0.3 is 5.97 Å². The molecule has 1 fully saturated rings. The van der Waals surface area contributed by atoms with Crippen molar-refractivity contribution in [2.24, 2.45) is 5.41 Å². The van der Waals surface area contributed by atoms with Crippen molar-refractivity contribution in [3.05, 3.63) is 16.5 Å². The quantitative estimate of drug-likeness (QED) is 0.846. The molecule has 2 amide bonds. The van der Waals surface area contributed by atoms with Crippen LogP contribution in [0.1, 0.15) is 48.8 Å². The Morgan fingerprint density at radius 3 is 2.46 bits per heavy atom. The summed E-state index contributed by atoms with van der Waals surface area (Å²) in [6.07, 6.45) is 2.00. The molecule has 0 aliphatic carbocycles. The molecule has 6 nitrogen and oxygen atoms in total. The monoisotopic (exact) mass is 352 g/mol. The van der Waals surface area contributed by atoms with E-state index >= 15 is 0 Å². The first-order valence-electron chi connectivity index (χ1n) is 8.05. The molecule has 0 atom stereocenters. The molecule has 7 heteroatoms. The summed E-state index contributed by atoms with van der Waals surface area (Å²) < 4.78 is 5.14. The number of esters is 1. The van der Waals surface area contributed by atoms with Gasteiger partial charge in [-0.3, -0.25) is 9.59 Å². The molecule has 0 radical (unpaired) electrons. The molecule has 1 saturated heterocycles. The van der Waals surface area contributed by atoms with Crippen LogP contribution in [0.3, 0.4) is 0 Å². The van der Waals surface area contributed by atoms with E-state index in [2.05, 4.69) is 5.32 Å². The highest BCUT2D eigenvalue weighted by Gasteiger charge is 2.24. The second-order valence-electron chi connectivity index (χ2n) is 6.99. The average Bonchev–Trinajstić information content (AvgIpc) is 3.13. The van der Waals surface area contributed by atoms with Crippen molar-refractivity contribution in [3.63, 3.8) is 0 Å². The molecule has 132 valence electrons. The number of thiophene rings is 1. The molecule has 1 aromatic rings. The van der Waals surface area contributed by atoms with Crippen molar-refractivity contribution in [1.29, 1.82) is 0 Å². The third kappa shape index (κ3) is 4.56. The van der Waals surface area contributed by atoms with Gasteiger partial charge in [0, 0.05) is 18.5 Å². The van der Waals surface area contributed by atoms with Crippen LogP contribution in [-0.2, 0) is 14.3 Å². The number of carbonyl (C=O) groups excluding carboxylic acids is 3. The van der Waals surface area contributed by atoms with Gasteiger partial charge in [-0.05, 0) is 31.4 Å². The Morgan fingerprint density at radius 2 is 1.88 bits per heavy atom. The van der Waals surface area contributed by atoms with E-state index in [9.17, 15) is 14.4 Å². The summed E-state index contributed by atoms with van der Waals surface area (Å²) in [6, 6.07) is 1.74. The average molecular weight is 352 g/mol. The summed E-state index contributed by atoms with van der Waals surface area (Å²) in [5.41, 5.74) is 0.212. The van der Waals surface area contributed by atoms with E-state index in [1.54, 1.807) is 17.9 Å². The lowest BCUT2D eigenvalue weighted by Gasteiger charge is -2.16. The van der Waals surface area contributed by atoms with Gasteiger partial charge in [-0.25, -0.2) is 4.79 Å². The zero-order chi connectivity index (χ0) is 17.9. The maximum atomic E-state index is 12.2. The highest BCUT2D eigenvalue weighted by molar-refractivity contribution is 7.18. The van der Waals surface area contributed by atoms with Crippen molar-refractivity contribution in [2.45, 2.75) is 40.5 Å². The molecule has 2 rings (SSSR count). The molecule has 2 heterocycles. The highest BCUT2D eigenvalue weighted by Crippen LogP contribution is 2.29. The van der Waals surface area contributed by atoms with Crippen molar-refractivity contribution in [2.75, 3.05) is 25.0 Å². The number of aryl methyl sites for hydroxylation is 1. The summed E-state index contributed by atoms with van der Waals surface area (Å²) in [7, 11) is 0. The van der Waals surface area contributed by atoms with Crippen molar-refractivity contribution in [1.82, 2.24) is 4.90 Å².